The molecule has 0 saturated heterocycles. The Morgan fingerprint density at radius 2 is 1.81 bits per heavy atom. The highest BCUT2D eigenvalue weighted by atomic mass is 16.3. The number of phenols is 1. The Balaban J connectivity index is 2.12. The maximum atomic E-state index is 12.2. The molecule has 1 unspecified atom stereocenters. The minimum Gasteiger partial charge on any atom is -0.508 e. The molecule has 2 rings (SSSR count). The molecule has 110 valence electrons. The van der Waals surface area contributed by atoms with Crippen LogP contribution in [0.2, 0.25) is 0 Å². The molecule has 0 radical (unpaired) electrons. The molecule has 0 bridgehead atoms. The zero-order chi connectivity index (χ0) is 15.4. The highest BCUT2D eigenvalue weighted by Crippen LogP contribution is 2.19. The smallest absolute Gasteiger partial charge is 0.255 e. The van der Waals surface area contributed by atoms with E-state index in [9.17, 15) is 9.90 Å². The number of rotatable bonds is 4. The lowest BCUT2D eigenvalue weighted by atomic mass is 10.1. The van der Waals surface area contributed by atoms with Gasteiger partial charge >= 0.3 is 0 Å². The molecule has 21 heavy (non-hydrogen) atoms. The van der Waals surface area contributed by atoms with Crippen molar-refractivity contribution in [3.8, 4) is 5.75 Å². The van der Waals surface area contributed by atoms with Crippen molar-refractivity contribution < 1.29 is 9.90 Å². The average Bonchev–Trinajstić information content (AvgIpc) is 2.47. The third-order valence-electron chi connectivity index (χ3n) is 3.56. The molecule has 0 aliphatic heterocycles. The Labute approximate surface area is 124 Å². The number of aromatic hydroxyl groups is 1. The zero-order valence-electron chi connectivity index (χ0n) is 12.5. The Morgan fingerprint density at radius 1 is 1.14 bits per heavy atom. The summed E-state index contributed by atoms with van der Waals surface area (Å²) in [5.41, 5.74) is 3.21. The standard InChI is InChI=1S/C17H20N2O2/c1-11-10-15(20)8-9-16(11)17(21)19-14-6-4-13(5-7-14)12(2)18-3/h4-10,12,18,20H,1-3H3,(H,19,21). The summed E-state index contributed by atoms with van der Waals surface area (Å²) in [7, 11) is 1.91. The molecule has 4 heteroatoms. The number of carbonyl (C=O) groups excluding carboxylic acids is 1. The van der Waals surface area contributed by atoms with E-state index in [1.54, 1.807) is 19.1 Å². The SMILES string of the molecule is CNC(C)c1ccc(NC(=O)c2ccc(O)cc2C)cc1. The van der Waals surface area contributed by atoms with Crippen LogP contribution in [0.1, 0.15) is 34.5 Å². The van der Waals surface area contributed by atoms with Crippen LogP contribution in [0.4, 0.5) is 5.69 Å². The van der Waals surface area contributed by atoms with Crippen LogP contribution < -0.4 is 10.6 Å². The third-order valence-corrected chi connectivity index (χ3v) is 3.56. The first-order valence-electron chi connectivity index (χ1n) is 6.89. The van der Waals surface area contributed by atoms with Gasteiger partial charge in [-0.1, -0.05) is 12.1 Å². The lowest BCUT2D eigenvalue weighted by Crippen LogP contribution is -2.14. The quantitative estimate of drug-likeness (QED) is 0.807. The molecule has 1 atom stereocenters. The average molecular weight is 284 g/mol. The lowest BCUT2D eigenvalue weighted by molar-refractivity contribution is 0.102. The predicted molar refractivity (Wildman–Crippen MR) is 84.7 cm³/mol. The summed E-state index contributed by atoms with van der Waals surface area (Å²) in [4.78, 5) is 12.2. The molecule has 3 N–H and O–H groups in total. The molecule has 0 aliphatic rings. The Hall–Kier alpha value is -2.33. The molecule has 0 spiro atoms. The predicted octanol–water partition coefficient (Wildman–Crippen LogP) is 3.23. The molecule has 0 saturated carbocycles. The van der Waals surface area contributed by atoms with Gasteiger partial charge in [-0.2, -0.15) is 0 Å². The van der Waals surface area contributed by atoms with E-state index in [0.29, 0.717) is 5.56 Å². The van der Waals surface area contributed by atoms with Gasteiger partial charge in [0.15, 0.2) is 0 Å². The van der Waals surface area contributed by atoms with Crippen LogP contribution in [-0.4, -0.2) is 18.1 Å². The number of phenolic OH excluding ortho intramolecular Hbond substituents is 1. The molecule has 0 heterocycles. The van der Waals surface area contributed by atoms with Crippen LogP contribution in [0.3, 0.4) is 0 Å². The van der Waals surface area contributed by atoms with E-state index in [4.69, 9.17) is 0 Å². The van der Waals surface area contributed by atoms with Gasteiger partial charge in [-0.05, 0) is 62.4 Å². The number of carbonyl (C=O) groups is 1. The summed E-state index contributed by atoms with van der Waals surface area (Å²) in [5.74, 6) is -0.0172. The van der Waals surface area contributed by atoms with Crippen molar-refractivity contribution in [2.75, 3.05) is 12.4 Å². The normalized spacial score (nSPS) is 12.0. The van der Waals surface area contributed by atoms with Gasteiger partial charge in [-0.3, -0.25) is 4.79 Å². The van der Waals surface area contributed by atoms with Crippen LogP contribution in [0, 0.1) is 6.92 Å². The van der Waals surface area contributed by atoms with Crippen LogP contribution >= 0.6 is 0 Å². The number of aryl methyl sites for hydroxylation is 1. The molecule has 1 amide bonds. The fourth-order valence-electron chi connectivity index (χ4n) is 2.12. The monoisotopic (exact) mass is 284 g/mol. The highest BCUT2D eigenvalue weighted by molar-refractivity contribution is 6.05. The first-order chi connectivity index (χ1) is 10.0. The molecule has 0 aromatic heterocycles. The molecule has 0 aliphatic carbocycles. The van der Waals surface area contributed by atoms with Crippen LogP contribution in [-0.2, 0) is 0 Å². The van der Waals surface area contributed by atoms with Crippen molar-refractivity contribution >= 4 is 11.6 Å². The fourth-order valence-corrected chi connectivity index (χ4v) is 2.12. The van der Waals surface area contributed by atoms with Crippen molar-refractivity contribution in [3.05, 3.63) is 59.2 Å². The van der Waals surface area contributed by atoms with E-state index < -0.39 is 0 Å². The van der Waals surface area contributed by atoms with E-state index in [0.717, 1.165) is 16.8 Å². The minimum atomic E-state index is -0.179. The summed E-state index contributed by atoms with van der Waals surface area (Å²) < 4.78 is 0. The van der Waals surface area contributed by atoms with Gasteiger partial charge in [-0.15, -0.1) is 0 Å². The second-order valence-electron chi connectivity index (χ2n) is 5.09. The number of anilines is 1. The second kappa shape index (κ2) is 6.41. The number of hydrogen-bond acceptors (Lipinski definition) is 3. The van der Waals surface area contributed by atoms with Crippen molar-refractivity contribution in [2.45, 2.75) is 19.9 Å². The number of benzene rings is 2. The fraction of sp³-hybridized carbons (Fsp3) is 0.235. The van der Waals surface area contributed by atoms with E-state index in [1.807, 2.05) is 31.3 Å². The zero-order valence-corrected chi connectivity index (χ0v) is 12.5. The molecular formula is C17H20N2O2. The first kappa shape index (κ1) is 15.1. The molecule has 2 aromatic carbocycles. The number of hydrogen-bond donors (Lipinski definition) is 3. The summed E-state index contributed by atoms with van der Waals surface area (Å²) in [6.07, 6.45) is 0. The van der Waals surface area contributed by atoms with E-state index in [1.165, 1.54) is 6.07 Å². The van der Waals surface area contributed by atoms with E-state index in [-0.39, 0.29) is 17.7 Å². The summed E-state index contributed by atoms with van der Waals surface area (Å²) >= 11 is 0. The van der Waals surface area contributed by atoms with E-state index in [2.05, 4.69) is 17.6 Å². The van der Waals surface area contributed by atoms with Crippen molar-refractivity contribution in [2.24, 2.45) is 0 Å². The van der Waals surface area contributed by atoms with Gasteiger partial charge < -0.3 is 15.7 Å². The maximum Gasteiger partial charge on any atom is 0.255 e. The van der Waals surface area contributed by atoms with Gasteiger partial charge in [0, 0.05) is 17.3 Å². The Bertz CT molecular complexity index is 636. The second-order valence-corrected chi connectivity index (χ2v) is 5.09. The Kier molecular flexibility index (Phi) is 4.60. The number of amides is 1. The van der Waals surface area contributed by atoms with Crippen LogP contribution in [0.25, 0.3) is 0 Å². The van der Waals surface area contributed by atoms with Gasteiger partial charge in [0.05, 0.1) is 0 Å². The largest absolute Gasteiger partial charge is 0.508 e. The van der Waals surface area contributed by atoms with Crippen LogP contribution in [0.15, 0.2) is 42.5 Å². The molecule has 2 aromatic rings. The van der Waals surface area contributed by atoms with E-state index >= 15 is 0 Å². The summed E-state index contributed by atoms with van der Waals surface area (Å²) in [5, 5.41) is 15.4. The van der Waals surface area contributed by atoms with Crippen LogP contribution in [0.5, 0.6) is 5.75 Å². The van der Waals surface area contributed by atoms with Crippen molar-refractivity contribution in [3.63, 3.8) is 0 Å². The highest BCUT2D eigenvalue weighted by Gasteiger charge is 2.10. The van der Waals surface area contributed by atoms with Gasteiger partial charge in [0.25, 0.3) is 5.91 Å². The maximum absolute atomic E-state index is 12.2. The molecule has 0 fully saturated rings. The molecule has 4 nitrogen and oxygen atoms in total. The summed E-state index contributed by atoms with van der Waals surface area (Å²) in [6, 6.07) is 12.7. The van der Waals surface area contributed by atoms with Crippen molar-refractivity contribution in [1.29, 1.82) is 0 Å². The summed E-state index contributed by atoms with van der Waals surface area (Å²) in [6.45, 7) is 3.87. The van der Waals surface area contributed by atoms with Crippen molar-refractivity contribution in [1.82, 2.24) is 5.32 Å². The van der Waals surface area contributed by atoms with Gasteiger partial charge in [-0.25, -0.2) is 0 Å². The number of nitrogens with one attached hydrogen (secondary N) is 2. The lowest BCUT2D eigenvalue weighted by Gasteiger charge is -2.12. The first-order valence-corrected chi connectivity index (χ1v) is 6.89. The van der Waals surface area contributed by atoms with Gasteiger partial charge in [0.2, 0.25) is 0 Å². The third kappa shape index (κ3) is 3.61. The van der Waals surface area contributed by atoms with Gasteiger partial charge in [0.1, 0.15) is 5.75 Å². The Morgan fingerprint density at radius 3 is 2.38 bits per heavy atom. The topological polar surface area (TPSA) is 61.4 Å². The minimum absolute atomic E-state index is 0.162. The molecular weight excluding hydrogens is 264 g/mol.